The van der Waals surface area contributed by atoms with Crippen LogP contribution >= 0.6 is 0 Å². The second-order valence-corrected chi connectivity index (χ2v) is 3.79. The topological polar surface area (TPSA) is 108 Å². The number of nitrogens with zero attached hydrogens (tertiary/aromatic N) is 2. The molecular formula is C10H16N2O5. The number of hydrogen-bond acceptors (Lipinski definition) is 7. The minimum Gasteiger partial charge on any atom is -0.505 e. The number of rotatable bonds is 4. The van der Waals surface area contributed by atoms with Crippen LogP contribution in [-0.2, 0) is 0 Å². The van der Waals surface area contributed by atoms with Crippen LogP contribution in [0.15, 0.2) is 12.1 Å². The second-order valence-electron chi connectivity index (χ2n) is 3.79. The van der Waals surface area contributed by atoms with E-state index in [1.807, 2.05) is 13.8 Å². The molecule has 0 saturated carbocycles. The summed E-state index contributed by atoms with van der Waals surface area (Å²) in [4.78, 5) is 0. The van der Waals surface area contributed by atoms with E-state index in [-0.39, 0.29) is 33.5 Å². The van der Waals surface area contributed by atoms with E-state index >= 15 is 0 Å². The van der Waals surface area contributed by atoms with Crippen molar-refractivity contribution in [1.29, 1.82) is 0 Å². The maximum atomic E-state index is 9.82. The van der Waals surface area contributed by atoms with Crippen molar-refractivity contribution in [3.8, 4) is 5.75 Å². The molecule has 0 spiro atoms. The molecule has 5 N–H and O–H groups in total. The van der Waals surface area contributed by atoms with E-state index in [0.29, 0.717) is 12.0 Å². The summed E-state index contributed by atoms with van der Waals surface area (Å²) in [6.45, 7) is 3.71. The van der Waals surface area contributed by atoms with Crippen LogP contribution in [0.5, 0.6) is 5.75 Å². The molecule has 0 saturated heterocycles. The molecule has 1 aromatic carbocycles. The standard InChI is InChI=1S/C10H16N2O5/c1-3-6(2)8-4-7(11(14)15)5-9(10(8)13)12(16)17/h4-6,13-17H,3H2,1-2H3. The van der Waals surface area contributed by atoms with Gasteiger partial charge < -0.3 is 5.11 Å². The molecular weight excluding hydrogens is 228 g/mol. The summed E-state index contributed by atoms with van der Waals surface area (Å²) in [5.41, 5.74) is -0.0201. The van der Waals surface area contributed by atoms with Gasteiger partial charge in [-0.3, -0.25) is 20.8 Å². The highest BCUT2D eigenvalue weighted by molar-refractivity contribution is 5.67. The van der Waals surface area contributed by atoms with Crippen LogP contribution < -0.4 is 10.5 Å². The molecule has 0 aromatic heterocycles. The molecule has 0 aliphatic carbocycles. The van der Waals surface area contributed by atoms with Gasteiger partial charge in [0.1, 0.15) is 11.4 Å². The van der Waals surface area contributed by atoms with Crippen molar-refractivity contribution in [1.82, 2.24) is 0 Å². The van der Waals surface area contributed by atoms with Crippen molar-refractivity contribution in [2.75, 3.05) is 10.5 Å². The van der Waals surface area contributed by atoms with Crippen LogP contribution in [0.3, 0.4) is 0 Å². The van der Waals surface area contributed by atoms with Gasteiger partial charge in [-0.2, -0.15) is 0 Å². The SMILES string of the molecule is CCC(C)c1cc(N(O)O)cc(N(O)O)c1O. The summed E-state index contributed by atoms with van der Waals surface area (Å²) in [5.74, 6) is -0.386. The van der Waals surface area contributed by atoms with Crippen LogP contribution in [-0.4, -0.2) is 25.9 Å². The summed E-state index contributed by atoms with van der Waals surface area (Å²) in [6, 6.07) is 2.37. The first-order valence-electron chi connectivity index (χ1n) is 5.11. The summed E-state index contributed by atoms with van der Waals surface area (Å²) in [7, 11) is 0. The minimum atomic E-state index is -0.328. The summed E-state index contributed by atoms with van der Waals surface area (Å²) in [5, 5.41) is 45.1. The maximum Gasteiger partial charge on any atom is 0.147 e. The predicted molar refractivity (Wildman–Crippen MR) is 58.9 cm³/mol. The van der Waals surface area contributed by atoms with Gasteiger partial charge in [-0.25, -0.2) is 0 Å². The quantitative estimate of drug-likeness (QED) is 0.516. The zero-order valence-electron chi connectivity index (χ0n) is 9.57. The van der Waals surface area contributed by atoms with Gasteiger partial charge in [0, 0.05) is 5.56 Å². The minimum absolute atomic E-state index is 0.0754. The molecule has 0 bridgehead atoms. The average molecular weight is 244 g/mol. The van der Waals surface area contributed by atoms with Gasteiger partial charge in [0.2, 0.25) is 0 Å². The van der Waals surface area contributed by atoms with E-state index in [2.05, 4.69) is 0 Å². The third kappa shape index (κ3) is 2.77. The molecule has 0 fully saturated rings. The zero-order valence-corrected chi connectivity index (χ0v) is 9.57. The van der Waals surface area contributed by atoms with Crippen LogP contribution in [0, 0.1) is 0 Å². The van der Waals surface area contributed by atoms with E-state index in [0.717, 1.165) is 6.07 Å². The molecule has 7 nitrogen and oxygen atoms in total. The molecule has 17 heavy (non-hydrogen) atoms. The van der Waals surface area contributed by atoms with Crippen LogP contribution in [0.25, 0.3) is 0 Å². The molecule has 1 rings (SSSR count). The Morgan fingerprint density at radius 2 is 1.71 bits per heavy atom. The third-order valence-electron chi connectivity index (χ3n) is 2.69. The van der Waals surface area contributed by atoms with Gasteiger partial charge >= 0.3 is 0 Å². The number of benzene rings is 1. The second kappa shape index (κ2) is 5.19. The Hall–Kier alpha value is -1.54. The smallest absolute Gasteiger partial charge is 0.147 e. The van der Waals surface area contributed by atoms with E-state index in [1.54, 1.807) is 0 Å². The molecule has 0 aliphatic rings. The van der Waals surface area contributed by atoms with Crippen LogP contribution in [0.2, 0.25) is 0 Å². The fraction of sp³-hybridized carbons (Fsp3) is 0.400. The Kier molecular flexibility index (Phi) is 4.13. The van der Waals surface area contributed by atoms with E-state index in [9.17, 15) is 5.11 Å². The van der Waals surface area contributed by atoms with E-state index < -0.39 is 0 Å². The Morgan fingerprint density at radius 1 is 1.12 bits per heavy atom. The molecule has 0 radical (unpaired) electrons. The number of phenols is 1. The van der Waals surface area contributed by atoms with Gasteiger partial charge in [0.25, 0.3) is 0 Å². The zero-order chi connectivity index (χ0) is 13.2. The van der Waals surface area contributed by atoms with Gasteiger partial charge in [-0.15, -0.1) is 10.5 Å². The largest absolute Gasteiger partial charge is 0.505 e. The monoisotopic (exact) mass is 244 g/mol. The lowest BCUT2D eigenvalue weighted by Gasteiger charge is -2.19. The maximum absolute atomic E-state index is 9.82. The Labute approximate surface area is 98.2 Å². The lowest BCUT2D eigenvalue weighted by Crippen LogP contribution is -2.16. The van der Waals surface area contributed by atoms with Crippen molar-refractivity contribution in [3.05, 3.63) is 17.7 Å². The van der Waals surface area contributed by atoms with Crippen molar-refractivity contribution in [2.24, 2.45) is 0 Å². The molecule has 7 heteroatoms. The molecule has 0 aliphatic heterocycles. The predicted octanol–water partition coefficient (Wildman–Crippen LogP) is 2.08. The van der Waals surface area contributed by atoms with E-state index in [4.69, 9.17) is 20.8 Å². The first-order chi connectivity index (χ1) is 7.88. The van der Waals surface area contributed by atoms with Gasteiger partial charge in [-0.1, -0.05) is 13.8 Å². The molecule has 96 valence electrons. The Balaban J connectivity index is 3.37. The third-order valence-corrected chi connectivity index (χ3v) is 2.69. The molecule has 0 amide bonds. The first-order valence-corrected chi connectivity index (χ1v) is 5.11. The summed E-state index contributed by atoms with van der Waals surface area (Å²) >= 11 is 0. The number of anilines is 2. The fourth-order valence-corrected chi connectivity index (χ4v) is 1.49. The summed E-state index contributed by atoms with van der Waals surface area (Å²) in [6.07, 6.45) is 0.699. The highest BCUT2D eigenvalue weighted by atomic mass is 16.8. The fourth-order valence-electron chi connectivity index (χ4n) is 1.49. The summed E-state index contributed by atoms with van der Waals surface area (Å²) < 4.78 is 0. The first kappa shape index (κ1) is 13.5. The molecule has 1 unspecified atom stereocenters. The van der Waals surface area contributed by atoms with Crippen molar-refractivity contribution in [2.45, 2.75) is 26.2 Å². The van der Waals surface area contributed by atoms with Crippen molar-refractivity contribution < 1.29 is 25.9 Å². The number of phenolic OH excluding ortho intramolecular Hbond substituents is 1. The lowest BCUT2D eigenvalue weighted by molar-refractivity contribution is 0.0251. The Morgan fingerprint density at radius 3 is 2.12 bits per heavy atom. The average Bonchev–Trinajstić information content (AvgIpc) is 2.27. The Bertz CT molecular complexity index is 395. The highest BCUT2D eigenvalue weighted by Crippen LogP contribution is 2.38. The lowest BCUT2D eigenvalue weighted by atomic mass is 9.96. The van der Waals surface area contributed by atoms with Gasteiger partial charge in [-0.05, 0) is 24.5 Å². The highest BCUT2D eigenvalue weighted by Gasteiger charge is 2.19. The molecule has 1 aromatic rings. The van der Waals surface area contributed by atoms with Crippen LogP contribution in [0.4, 0.5) is 11.4 Å². The number of hydrogen-bond donors (Lipinski definition) is 5. The van der Waals surface area contributed by atoms with Crippen LogP contribution in [0.1, 0.15) is 31.7 Å². The number of aromatic hydroxyl groups is 1. The van der Waals surface area contributed by atoms with Crippen molar-refractivity contribution in [3.63, 3.8) is 0 Å². The normalized spacial score (nSPS) is 12.4. The van der Waals surface area contributed by atoms with E-state index in [1.165, 1.54) is 6.07 Å². The van der Waals surface area contributed by atoms with Gasteiger partial charge in [0.05, 0.1) is 5.69 Å². The molecule has 0 heterocycles. The molecule has 1 atom stereocenters. The van der Waals surface area contributed by atoms with Crippen molar-refractivity contribution >= 4 is 11.4 Å². The van der Waals surface area contributed by atoms with Gasteiger partial charge in [0.15, 0.2) is 0 Å².